The van der Waals surface area contributed by atoms with Crippen molar-refractivity contribution >= 4 is 22.8 Å². The first-order chi connectivity index (χ1) is 16.7. The molecule has 0 radical (unpaired) electrons. The van der Waals surface area contributed by atoms with Gasteiger partial charge in [0.05, 0.1) is 17.6 Å². The third-order valence-electron chi connectivity index (χ3n) is 10.6. The van der Waals surface area contributed by atoms with Crippen LogP contribution in [0, 0.1) is 40.4 Å². The van der Waals surface area contributed by atoms with E-state index in [2.05, 4.69) is 42.1 Å². The maximum absolute atomic E-state index is 13.5. The first-order valence-corrected chi connectivity index (χ1v) is 13.4. The maximum Gasteiger partial charge on any atom is 0.246 e. The Hall–Kier alpha value is -2.63. The lowest BCUT2D eigenvalue weighted by atomic mass is 9.46. The first-order valence-electron chi connectivity index (χ1n) is 13.4. The lowest BCUT2D eigenvalue weighted by Crippen LogP contribution is -2.62. The van der Waals surface area contributed by atoms with Gasteiger partial charge in [-0.3, -0.25) is 9.59 Å². The van der Waals surface area contributed by atoms with Gasteiger partial charge in [-0.25, -0.2) is 4.98 Å². The number of nitrogens with one attached hydrogen (secondary N) is 2. The van der Waals surface area contributed by atoms with E-state index >= 15 is 0 Å². The highest BCUT2D eigenvalue weighted by Gasteiger charge is 2.62. The standard InChI is InChI=1S/C29H38N4O2/c1-17-15-18-19-9-10-21(27(35)30-16-24-31-22-7-5-6-8-23(22)32-24)28(19,2)13-11-20(18)29(3)14-12-25(34)33(4)26(17)29/h5-8,12,14,17-21,26H,9-11,13,15-16H2,1-4H3,(H,30,35)(H,31,32)/t17?,18-,19-,20+,21?,26?,28-,29+/m0/s1. The molecule has 2 amide bonds. The van der Waals surface area contributed by atoms with Crippen LogP contribution in [-0.4, -0.2) is 39.8 Å². The van der Waals surface area contributed by atoms with Gasteiger partial charge in [0.2, 0.25) is 11.8 Å². The van der Waals surface area contributed by atoms with Crippen LogP contribution in [0.1, 0.15) is 58.7 Å². The van der Waals surface area contributed by atoms with Crippen LogP contribution in [0.4, 0.5) is 0 Å². The maximum atomic E-state index is 13.5. The number of likely N-dealkylation sites (N-methyl/N-ethyl adjacent to an activating group) is 1. The molecule has 3 unspecified atom stereocenters. The lowest BCUT2D eigenvalue weighted by molar-refractivity contribution is -0.148. The molecular formula is C29H38N4O2. The van der Waals surface area contributed by atoms with Gasteiger partial charge in [-0.1, -0.05) is 39.0 Å². The summed E-state index contributed by atoms with van der Waals surface area (Å²) in [7, 11) is 1.98. The van der Waals surface area contributed by atoms with Gasteiger partial charge in [-0.05, 0) is 79.4 Å². The zero-order valence-electron chi connectivity index (χ0n) is 21.4. The summed E-state index contributed by atoms with van der Waals surface area (Å²) in [6, 6.07) is 8.25. The Morgan fingerprint density at radius 2 is 2.00 bits per heavy atom. The Labute approximate surface area is 207 Å². The highest BCUT2D eigenvalue weighted by atomic mass is 16.2. The van der Waals surface area contributed by atoms with Crippen molar-refractivity contribution in [2.75, 3.05) is 7.05 Å². The second-order valence-electron chi connectivity index (χ2n) is 12.3. The summed E-state index contributed by atoms with van der Waals surface area (Å²) < 4.78 is 0. The molecule has 186 valence electrons. The van der Waals surface area contributed by atoms with Crippen LogP contribution >= 0.6 is 0 Å². The van der Waals surface area contributed by atoms with Crippen molar-refractivity contribution in [3.63, 3.8) is 0 Å². The summed E-state index contributed by atoms with van der Waals surface area (Å²) in [5, 5.41) is 3.22. The molecular weight excluding hydrogens is 436 g/mol. The Kier molecular flexibility index (Phi) is 5.17. The Morgan fingerprint density at radius 3 is 2.80 bits per heavy atom. The molecule has 1 aliphatic heterocycles. The van der Waals surface area contributed by atoms with Crippen molar-refractivity contribution < 1.29 is 9.59 Å². The van der Waals surface area contributed by atoms with E-state index in [0.29, 0.717) is 30.2 Å². The van der Waals surface area contributed by atoms with Gasteiger partial charge in [-0.2, -0.15) is 0 Å². The van der Waals surface area contributed by atoms with Gasteiger partial charge >= 0.3 is 0 Å². The molecule has 8 atom stereocenters. The molecule has 6 heteroatoms. The van der Waals surface area contributed by atoms with E-state index in [4.69, 9.17) is 0 Å². The predicted octanol–water partition coefficient (Wildman–Crippen LogP) is 4.68. The molecule has 3 fully saturated rings. The number of rotatable bonds is 3. The minimum absolute atomic E-state index is 0.0218. The molecule has 0 saturated heterocycles. The fraction of sp³-hybridized carbons (Fsp3) is 0.621. The van der Waals surface area contributed by atoms with E-state index < -0.39 is 0 Å². The van der Waals surface area contributed by atoms with E-state index in [9.17, 15) is 9.59 Å². The van der Waals surface area contributed by atoms with Crippen molar-refractivity contribution in [2.45, 2.75) is 65.5 Å². The van der Waals surface area contributed by atoms with Crippen LogP contribution in [0.2, 0.25) is 0 Å². The number of para-hydroxylation sites is 2. The number of hydrogen-bond donors (Lipinski definition) is 2. The second kappa shape index (κ2) is 7.94. The van der Waals surface area contributed by atoms with Crippen LogP contribution in [0.25, 0.3) is 11.0 Å². The molecule has 3 saturated carbocycles. The summed E-state index contributed by atoms with van der Waals surface area (Å²) in [6.45, 7) is 7.55. The van der Waals surface area contributed by atoms with E-state index in [1.165, 1.54) is 0 Å². The quantitative estimate of drug-likeness (QED) is 0.678. The van der Waals surface area contributed by atoms with Crippen molar-refractivity contribution in [2.24, 2.45) is 40.4 Å². The molecule has 3 aliphatic carbocycles. The zero-order chi connectivity index (χ0) is 24.5. The number of carbonyl (C=O) groups is 2. The normalized spacial score (nSPS) is 40.3. The van der Waals surface area contributed by atoms with Crippen LogP contribution in [0.5, 0.6) is 0 Å². The molecule has 6 nitrogen and oxygen atoms in total. The highest BCUT2D eigenvalue weighted by molar-refractivity contribution is 5.89. The fourth-order valence-electron chi connectivity index (χ4n) is 9.12. The number of benzene rings is 1. The van der Waals surface area contributed by atoms with Crippen LogP contribution < -0.4 is 5.32 Å². The lowest BCUT2D eigenvalue weighted by Gasteiger charge is -2.62. The van der Waals surface area contributed by atoms with E-state index in [1.54, 1.807) is 0 Å². The number of amides is 2. The molecule has 0 spiro atoms. The van der Waals surface area contributed by atoms with E-state index in [0.717, 1.165) is 49.0 Å². The number of imidazole rings is 1. The smallest absolute Gasteiger partial charge is 0.246 e. The third kappa shape index (κ3) is 3.31. The van der Waals surface area contributed by atoms with Gasteiger partial charge in [-0.15, -0.1) is 0 Å². The molecule has 4 aliphatic rings. The molecule has 1 aromatic carbocycles. The van der Waals surface area contributed by atoms with Crippen LogP contribution in [-0.2, 0) is 16.1 Å². The van der Waals surface area contributed by atoms with Crippen molar-refractivity contribution in [1.82, 2.24) is 20.2 Å². The number of aromatic nitrogens is 2. The summed E-state index contributed by atoms with van der Waals surface area (Å²) >= 11 is 0. The van der Waals surface area contributed by atoms with Crippen LogP contribution in [0.3, 0.4) is 0 Å². The summed E-state index contributed by atoms with van der Waals surface area (Å²) in [4.78, 5) is 35.9. The Balaban J connectivity index is 1.20. The largest absolute Gasteiger partial charge is 0.349 e. The van der Waals surface area contributed by atoms with Gasteiger partial charge < -0.3 is 15.2 Å². The highest BCUT2D eigenvalue weighted by Crippen LogP contribution is 2.66. The number of hydrogen-bond acceptors (Lipinski definition) is 3. The number of fused-ring (bicyclic) bond motifs is 6. The minimum atomic E-state index is 0.0218. The average molecular weight is 475 g/mol. The SMILES string of the molecule is CC1C[C@@H]2[C@@H](CC[C@]3(C)C(C(=O)NCc4nc5ccccc5[nH]4)CC[C@@H]23)[C@@]2(C)C=CC(=O)N(C)C12. The zero-order valence-corrected chi connectivity index (χ0v) is 21.4. The molecule has 2 N–H and O–H groups in total. The molecule has 2 aromatic rings. The van der Waals surface area contributed by atoms with Crippen molar-refractivity contribution in [1.29, 1.82) is 0 Å². The van der Waals surface area contributed by atoms with Gasteiger partial charge in [0.15, 0.2) is 0 Å². The topological polar surface area (TPSA) is 78.1 Å². The van der Waals surface area contributed by atoms with E-state index in [-0.39, 0.29) is 34.6 Å². The molecule has 0 bridgehead atoms. The summed E-state index contributed by atoms with van der Waals surface area (Å²) in [5.74, 6) is 3.42. The summed E-state index contributed by atoms with van der Waals surface area (Å²) in [6.07, 6.45) is 9.53. The van der Waals surface area contributed by atoms with Gasteiger partial charge in [0.1, 0.15) is 5.82 Å². The third-order valence-corrected chi connectivity index (χ3v) is 10.6. The fourth-order valence-corrected chi connectivity index (χ4v) is 9.12. The monoisotopic (exact) mass is 474 g/mol. The summed E-state index contributed by atoms with van der Waals surface area (Å²) in [5.41, 5.74) is 2.01. The Morgan fingerprint density at radius 1 is 1.20 bits per heavy atom. The van der Waals surface area contributed by atoms with Gasteiger partial charge in [0, 0.05) is 24.4 Å². The number of carbonyl (C=O) groups excluding carboxylic acids is 2. The average Bonchev–Trinajstić information content (AvgIpc) is 3.40. The number of nitrogens with zero attached hydrogens (tertiary/aromatic N) is 2. The number of aromatic amines is 1. The molecule has 1 aromatic heterocycles. The number of H-pyrrole nitrogens is 1. The predicted molar refractivity (Wildman–Crippen MR) is 136 cm³/mol. The van der Waals surface area contributed by atoms with E-state index in [1.807, 2.05) is 42.3 Å². The van der Waals surface area contributed by atoms with Gasteiger partial charge in [0.25, 0.3) is 0 Å². The van der Waals surface area contributed by atoms with Crippen LogP contribution in [0.15, 0.2) is 36.4 Å². The first kappa shape index (κ1) is 22.8. The minimum Gasteiger partial charge on any atom is -0.349 e. The molecule has 6 rings (SSSR count). The van der Waals surface area contributed by atoms with Crippen molar-refractivity contribution in [3.05, 3.63) is 42.2 Å². The molecule has 2 heterocycles. The van der Waals surface area contributed by atoms with Crippen molar-refractivity contribution in [3.8, 4) is 0 Å². The molecule has 35 heavy (non-hydrogen) atoms. The Bertz CT molecular complexity index is 1170. The second-order valence-corrected chi connectivity index (χ2v) is 12.3.